The predicted molar refractivity (Wildman–Crippen MR) is 88.6 cm³/mol. The van der Waals surface area contributed by atoms with Crippen LogP contribution in [0.5, 0.6) is 0 Å². The molecule has 3 rings (SSSR count). The fraction of sp³-hybridized carbons (Fsp3) is 0.412. The van der Waals surface area contributed by atoms with E-state index in [2.05, 4.69) is 20.6 Å². The molecule has 0 saturated heterocycles. The standard InChI is InChI=1S/C17H21FN4O/c1-10(9-23)19-17-21-15(12-6-7-12)8-16(22-17)20-14-5-3-4-13(18)11(14)2/h3-5,8,10,12,23H,6-7,9H2,1-2H3,(H2,19,20,21,22)/t10-/m1/s1. The van der Waals surface area contributed by atoms with Gasteiger partial charge >= 0.3 is 0 Å². The van der Waals surface area contributed by atoms with E-state index in [1.165, 1.54) is 6.07 Å². The number of benzene rings is 1. The van der Waals surface area contributed by atoms with Gasteiger partial charge in [0.05, 0.1) is 12.3 Å². The molecule has 0 amide bonds. The fourth-order valence-electron chi connectivity index (χ4n) is 2.33. The normalized spacial score (nSPS) is 15.3. The van der Waals surface area contributed by atoms with Crippen LogP contribution in [0.25, 0.3) is 0 Å². The number of aromatic nitrogens is 2. The fourth-order valence-corrected chi connectivity index (χ4v) is 2.33. The minimum atomic E-state index is -0.251. The molecule has 0 aliphatic heterocycles. The highest BCUT2D eigenvalue weighted by molar-refractivity contribution is 5.61. The zero-order chi connectivity index (χ0) is 16.4. The number of halogens is 1. The van der Waals surface area contributed by atoms with E-state index in [0.29, 0.717) is 28.9 Å². The van der Waals surface area contributed by atoms with Crippen LogP contribution >= 0.6 is 0 Å². The van der Waals surface area contributed by atoms with E-state index in [1.807, 2.05) is 19.1 Å². The lowest BCUT2D eigenvalue weighted by Crippen LogP contribution is -2.21. The van der Waals surface area contributed by atoms with Gasteiger partial charge in [0.2, 0.25) is 5.95 Å². The van der Waals surface area contributed by atoms with E-state index in [1.54, 1.807) is 13.0 Å². The van der Waals surface area contributed by atoms with Crippen LogP contribution in [0.2, 0.25) is 0 Å². The first-order valence-corrected chi connectivity index (χ1v) is 7.85. The minimum absolute atomic E-state index is 0.00276. The molecule has 1 atom stereocenters. The van der Waals surface area contributed by atoms with Gasteiger partial charge in [-0.25, -0.2) is 9.37 Å². The van der Waals surface area contributed by atoms with E-state index in [0.717, 1.165) is 18.5 Å². The summed E-state index contributed by atoms with van der Waals surface area (Å²) in [4.78, 5) is 8.95. The van der Waals surface area contributed by atoms with Gasteiger partial charge in [-0.3, -0.25) is 0 Å². The Morgan fingerprint density at radius 2 is 2.13 bits per heavy atom. The lowest BCUT2D eigenvalue weighted by atomic mass is 10.2. The first-order valence-electron chi connectivity index (χ1n) is 7.85. The van der Waals surface area contributed by atoms with E-state index >= 15 is 0 Å². The average Bonchev–Trinajstić information content (AvgIpc) is 3.36. The molecule has 0 spiro atoms. The van der Waals surface area contributed by atoms with E-state index in [9.17, 15) is 9.50 Å². The smallest absolute Gasteiger partial charge is 0.225 e. The van der Waals surface area contributed by atoms with E-state index in [4.69, 9.17) is 0 Å². The quantitative estimate of drug-likeness (QED) is 0.762. The third kappa shape index (κ3) is 3.76. The van der Waals surface area contributed by atoms with Gasteiger partial charge in [-0.05, 0) is 38.8 Å². The van der Waals surface area contributed by atoms with Crippen LogP contribution in [-0.2, 0) is 0 Å². The molecule has 1 aliphatic carbocycles. The second kappa shape index (κ2) is 6.50. The molecule has 3 N–H and O–H groups in total. The molecule has 0 radical (unpaired) electrons. The first kappa shape index (κ1) is 15.7. The summed E-state index contributed by atoms with van der Waals surface area (Å²) in [6.45, 7) is 3.59. The number of nitrogens with zero attached hydrogens (tertiary/aromatic N) is 2. The van der Waals surface area contributed by atoms with Crippen molar-refractivity contribution in [2.24, 2.45) is 0 Å². The predicted octanol–water partition coefficient (Wildman–Crippen LogP) is 3.34. The average molecular weight is 316 g/mol. The van der Waals surface area contributed by atoms with Gasteiger partial charge in [-0.1, -0.05) is 6.07 Å². The second-order valence-corrected chi connectivity index (χ2v) is 6.04. The van der Waals surface area contributed by atoms with Gasteiger partial charge in [-0.2, -0.15) is 4.98 Å². The highest BCUT2D eigenvalue weighted by Crippen LogP contribution is 2.40. The maximum Gasteiger partial charge on any atom is 0.225 e. The Labute approximate surface area is 135 Å². The summed E-state index contributed by atoms with van der Waals surface area (Å²) in [6, 6.07) is 6.71. The lowest BCUT2D eigenvalue weighted by molar-refractivity contribution is 0.281. The summed E-state index contributed by atoms with van der Waals surface area (Å²) in [5.74, 6) is 1.33. The van der Waals surface area contributed by atoms with Gasteiger partial charge in [0.15, 0.2) is 0 Å². The molecule has 1 saturated carbocycles. The molecule has 0 bridgehead atoms. The topological polar surface area (TPSA) is 70.1 Å². The van der Waals surface area contributed by atoms with Gasteiger partial charge in [0.1, 0.15) is 11.6 Å². The lowest BCUT2D eigenvalue weighted by Gasteiger charge is -2.15. The first-order chi connectivity index (χ1) is 11.1. The molecule has 0 unspecified atom stereocenters. The van der Waals surface area contributed by atoms with E-state index < -0.39 is 0 Å². The number of nitrogens with one attached hydrogen (secondary N) is 2. The van der Waals surface area contributed by atoms with Gasteiger partial charge < -0.3 is 15.7 Å². The number of anilines is 3. The maximum atomic E-state index is 13.7. The monoisotopic (exact) mass is 316 g/mol. The van der Waals surface area contributed by atoms with Crippen molar-refractivity contribution < 1.29 is 9.50 Å². The van der Waals surface area contributed by atoms with Crippen molar-refractivity contribution in [1.82, 2.24) is 9.97 Å². The third-order valence-electron chi connectivity index (χ3n) is 3.92. The molecule has 6 heteroatoms. The second-order valence-electron chi connectivity index (χ2n) is 6.04. The van der Waals surface area contributed by atoms with Crippen molar-refractivity contribution >= 4 is 17.5 Å². The Bertz CT molecular complexity index is 703. The summed E-state index contributed by atoms with van der Waals surface area (Å²) in [5, 5.41) is 15.4. The Hall–Kier alpha value is -2.21. The Morgan fingerprint density at radius 1 is 1.35 bits per heavy atom. The third-order valence-corrected chi connectivity index (χ3v) is 3.92. The van der Waals surface area contributed by atoms with Crippen molar-refractivity contribution in [3.05, 3.63) is 41.3 Å². The van der Waals surface area contributed by atoms with Crippen molar-refractivity contribution in [2.75, 3.05) is 17.2 Å². The molecule has 2 aromatic rings. The highest BCUT2D eigenvalue weighted by atomic mass is 19.1. The summed E-state index contributed by atoms with van der Waals surface area (Å²) in [6.07, 6.45) is 2.26. The van der Waals surface area contributed by atoms with Gasteiger partial charge in [0.25, 0.3) is 0 Å². The van der Waals surface area contributed by atoms with Crippen LogP contribution in [0.3, 0.4) is 0 Å². The van der Waals surface area contributed by atoms with E-state index in [-0.39, 0.29) is 18.5 Å². The molecular formula is C17H21FN4O. The summed E-state index contributed by atoms with van der Waals surface area (Å²) in [5.41, 5.74) is 2.22. The van der Waals surface area contributed by atoms with Crippen molar-refractivity contribution in [3.8, 4) is 0 Å². The molecule has 122 valence electrons. The number of rotatable bonds is 6. The van der Waals surface area contributed by atoms with Crippen LogP contribution in [0.4, 0.5) is 21.8 Å². The van der Waals surface area contributed by atoms with Crippen molar-refractivity contribution in [3.63, 3.8) is 0 Å². The summed E-state index contributed by atoms with van der Waals surface area (Å²) >= 11 is 0. The van der Waals surface area contributed by atoms with Gasteiger partial charge in [-0.15, -0.1) is 0 Å². The van der Waals surface area contributed by atoms with Gasteiger partial charge in [0, 0.05) is 29.3 Å². The van der Waals surface area contributed by atoms with Crippen LogP contribution < -0.4 is 10.6 Å². The number of hydrogen-bond donors (Lipinski definition) is 3. The minimum Gasteiger partial charge on any atom is -0.394 e. The molecule has 1 fully saturated rings. The molecular weight excluding hydrogens is 295 g/mol. The Balaban J connectivity index is 1.89. The SMILES string of the molecule is Cc1c(F)cccc1Nc1cc(C2CC2)nc(N[C@H](C)CO)n1. The zero-order valence-electron chi connectivity index (χ0n) is 13.3. The molecule has 1 aromatic carbocycles. The molecule has 1 heterocycles. The van der Waals surface area contributed by atoms with Crippen LogP contribution in [0, 0.1) is 12.7 Å². The molecule has 5 nitrogen and oxygen atoms in total. The van der Waals surface area contributed by atoms with Crippen LogP contribution in [-0.4, -0.2) is 27.7 Å². The highest BCUT2D eigenvalue weighted by Gasteiger charge is 2.26. The summed E-state index contributed by atoms with van der Waals surface area (Å²) < 4.78 is 13.7. The Morgan fingerprint density at radius 3 is 2.83 bits per heavy atom. The number of hydrogen-bond acceptors (Lipinski definition) is 5. The summed E-state index contributed by atoms with van der Waals surface area (Å²) in [7, 11) is 0. The van der Waals surface area contributed by atoms with Crippen molar-refractivity contribution in [1.29, 1.82) is 0 Å². The molecule has 1 aliphatic rings. The van der Waals surface area contributed by atoms with Crippen LogP contribution in [0.1, 0.15) is 36.9 Å². The molecule has 23 heavy (non-hydrogen) atoms. The Kier molecular flexibility index (Phi) is 4.43. The largest absolute Gasteiger partial charge is 0.394 e. The molecule has 1 aromatic heterocycles. The van der Waals surface area contributed by atoms with Crippen molar-refractivity contribution in [2.45, 2.75) is 38.6 Å². The maximum absolute atomic E-state index is 13.7. The number of aliphatic hydroxyl groups excluding tert-OH is 1. The number of aliphatic hydroxyl groups is 1. The zero-order valence-corrected chi connectivity index (χ0v) is 13.3. The van der Waals surface area contributed by atoms with Crippen LogP contribution in [0.15, 0.2) is 24.3 Å².